The van der Waals surface area contributed by atoms with Crippen molar-refractivity contribution >= 4 is 5.97 Å². The summed E-state index contributed by atoms with van der Waals surface area (Å²) in [6.07, 6.45) is 1.53. The SMILES string of the molecule is Cc1ccc(CCC(C)C(=O)O)cc1C(C)(C)C. The molecule has 0 spiro atoms. The van der Waals surface area contributed by atoms with Crippen LogP contribution in [0.5, 0.6) is 0 Å². The van der Waals surface area contributed by atoms with Crippen molar-refractivity contribution in [3.05, 3.63) is 34.9 Å². The number of aryl methyl sites for hydroxylation is 2. The molecule has 0 fully saturated rings. The fourth-order valence-electron chi connectivity index (χ4n) is 2.14. The lowest BCUT2D eigenvalue weighted by molar-refractivity contribution is -0.141. The molecule has 0 radical (unpaired) electrons. The van der Waals surface area contributed by atoms with Crippen LogP contribution in [0.2, 0.25) is 0 Å². The Morgan fingerprint density at radius 3 is 2.44 bits per heavy atom. The lowest BCUT2D eigenvalue weighted by Crippen LogP contribution is -2.14. The van der Waals surface area contributed by atoms with Crippen LogP contribution in [0.3, 0.4) is 0 Å². The Labute approximate surface area is 110 Å². The molecule has 0 heterocycles. The largest absolute Gasteiger partial charge is 0.481 e. The maximum atomic E-state index is 10.8. The second kappa shape index (κ2) is 5.55. The minimum atomic E-state index is -0.710. The summed E-state index contributed by atoms with van der Waals surface area (Å²) in [5.41, 5.74) is 4.03. The summed E-state index contributed by atoms with van der Waals surface area (Å²) in [7, 11) is 0. The van der Waals surface area contributed by atoms with Gasteiger partial charge in [-0.2, -0.15) is 0 Å². The molecule has 1 unspecified atom stereocenters. The van der Waals surface area contributed by atoms with E-state index < -0.39 is 5.97 Å². The fraction of sp³-hybridized carbons (Fsp3) is 0.562. The van der Waals surface area contributed by atoms with Gasteiger partial charge < -0.3 is 5.11 Å². The number of hydrogen-bond donors (Lipinski definition) is 1. The van der Waals surface area contributed by atoms with Crippen LogP contribution in [0.1, 0.15) is 50.8 Å². The second-order valence-corrected chi connectivity index (χ2v) is 6.18. The summed E-state index contributed by atoms with van der Waals surface area (Å²) in [6, 6.07) is 6.48. The normalized spacial score (nSPS) is 13.4. The zero-order chi connectivity index (χ0) is 13.9. The molecule has 2 heteroatoms. The number of hydrogen-bond acceptors (Lipinski definition) is 1. The molecule has 1 N–H and O–H groups in total. The maximum Gasteiger partial charge on any atom is 0.306 e. The highest BCUT2D eigenvalue weighted by molar-refractivity contribution is 5.69. The van der Waals surface area contributed by atoms with Gasteiger partial charge in [0.25, 0.3) is 0 Å². The lowest BCUT2D eigenvalue weighted by atomic mass is 9.82. The van der Waals surface area contributed by atoms with E-state index >= 15 is 0 Å². The minimum absolute atomic E-state index is 0.137. The van der Waals surface area contributed by atoms with E-state index in [4.69, 9.17) is 5.11 Å². The minimum Gasteiger partial charge on any atom is -0.481 e. The number of benzene rings is 1. The average molecular weight is 248 g/mol. The van der Waals surface area contributed by atoms with Gasteiger partial charge in [-0.1, -0.05) is 45.9 Å². The molecule has 1 aromatic carbocycles. The topological polar surface area (TPSA) is 37.3 Å². The molecule has 0 bridgehead atoms. The first-order valence-corrected chi connectivity index (χ1v) is 6.54. The molecule has 1 rings (SSSR count). The van der Waals surface area contributed by atoms with Gasteiger partial charge in [-0.3, -0.25) is 4.79 Å². The highest BCUT2D eigenvalue weighted by Crippen LogP contribution is 2.27. The highest BCUT2D eigenvalue weighted by Gasteiger charge is 2.17. The van der Waals surface area contributed by atoms with Crippen molar-refractivity contribution in [1.29, 1.82) is 0 Å². The van der Waals surface area contributed by atoms with Crippen LogP contribution >= 0.6 is 0 Å². The molecule has 0 saturated carbocycles. The van der Waals surface area contributed by atoms with Crippen molar-refractivity contribution < 1.29 is 9.90 Å². The van der Waals surface area contributed by atoms with Crippen molar-refractivity contribution in [2.45, 2.75) is 52.9 Å². The van der Waals surface area contributed by atoms with Gasteiger partial charge in [-0.15, -0.1) is 0 Å². The number of carboxylic acid groups (broad SMARTS) is 1. The molecule has 1 aromatic rings. The summed E-state index contributed by atoms with van der Waals surface area (Å²) < 4.78 is 0. The first-order chi connectivity index (χ1) is 8.21. The summed E-state index contributed by atoms with van der Waals surface area (Å²) in [5.74, 6) is -0.984. The summed E-state index contributed by atoms with van der Waals surface area (Å²) >= 11 is 0. The smallest absolute Gasteiger partial charge is 0.306 e. The third kappa shape index (κ3) is 3.86. The molecule has 0 aliphatic rings. The first kappa shape index (κ1) is 14.7. The molecule has 0 amide bonds. The van der Waals surface area contributed by atoms with Gasteiger partial charge in [0, 0.05) is 0 Å². The Hall–Kier alpha value is -1.31. The number of rotatable bonds is 4. The van der Waals surface area contributed by atoms with E-state index in [1.165, 1.54) is 16.7 Å². The molecular formula is C16H24O2. The predicted molar refractivity (Wildman–Crippen MR) is 75.0 cm³/mol. The van der Waals surface area contributed by atoms with Gasteiger partial charge in [-0.05, 0) is 41.9 Å². The summed E-state index contributed by atoms with van der Waals surface area (Å²) in [4.78, 5) is 10.8. The van der Waals surface area contributed by atoms with Gasteiger partial charge in [0.2, 0.25) is 0 Å². The molecule has 0 aromatic heterocycles. The highest BCUT2D eigenvalue weighted by atomic mass is 16.4. The molecule has 0 saturated heterocycles. The van der Waals surface area contributed by atoms with Gasteiger partial charge >= 0.3 is 5.97 Å². The first-order valence-electron chi connectivity index (χ1n) is 6.54. The average Bonchev–Trinajstić information content (AvgIpc) is 2.25. The van der Waals surface area contributed by atoms with Crippen LogP contribution in [-0.2, 0) is 16.6 Å². The van der Waals surface area contributed by atoms with E-state index in [0.717, 1.165) is 6.42 Å². The van der Waals surface area contributed by atoms with E-state index in [2.05, 4.69) is 45.9 Å². The fourth-order valence-corrected chi connectivity index (χ4v) is 2.14. The van der Waals surface area contributed by atoms with Crippen LogP contribution < -0.4 is 0 Å². The van der Waals surface area contributed by atoms with Crippen LogP contribution in [0.15, 0.2) is 18.2 Å². The van der Waals surface area contributed by atoms with Gasteiger partial charge in [-0.25, -0.2) is 0 Å². The van der Waals surface area contributed by atoms with Crippen LogP contribution in [0.4, 0.5) is 0 Å². The Bertz CT molecular complexity index is 427. The van der Waals surface area contributed by atoms with E-state index in [1.54, 1.807) is 6.92 Å². The zero-order valence-corrected chi connectivity index (χ0v) is 12.1. The summed E-state index contributed by atoms with van der Waals surface area (Å²) in [6.45, 7) is 10.5. The third-order valence-corrected chi connectivity index (χ3v) is 3.40. The molecule has 0 aliphatic heterocycles. The van der Waals surface area contributed by atoms with Gasteiger partial charge in [0.15, 0.2) is 0 Å². The molecule has 2 nitrogen and oxygen atoms in total. The van der Waals surface area contributed by atoms with E-state index in [-0.39, 0.29) is 11.3 Å². The van der Waals surface area contributed by atoms with Crippen LogP contribution in [-0.4, -0.2) is 11.1 Å². The van der Waals surface area contributed by atoms with Crippen molar-refractivity contribution in [2.75, 3.05) is 0 Å². The summed E-state index contributed by atoms with van der Waals surface area (Å²) in [5, 5.41) is 8.89. The monoisotopic (exact) mass is 248 g/mol. The van der Waals surface area contributed by atoms with Crippen molar-refractivity contribution in [3.8, 4) is 0 Å². The van der Waals surface area contributed by atoms with E-state index in [0.29, 0.717) is 6.42 Å². The van der Waals surface area contributed by atoms with Crippen molar-refractivity contribution in [1.82, 2.24) is 0 Å². The van der Waals surface area contributed by atoms with Gasteiger partial charge in [0.05, 0.1) is 5.92 Å². The molecule has 100 valence electrons. The quantitative estimate of drug-likeness (QED) is 0.876. The van der Waals surface area contributed by atoms with Crippen LogP contribution in [0.25, 0.3) is 0 Å². The van der Waals surface area contributed by atoms with Crippen LogP contribution in [0, 0.1) is 12.8 Å². The Kier molecular flexibility index (Phi) is 4.55. The molecule has 18 heavy (non-hydrogen) atoms. The lowest BCUT2D eigenvalue weighted by Gasteiger charge is -2.22. The van der Waals surface area contributed by atoms with E-state index in [9.17, 15) is 4.79 Å². The zero-order valence-electron chi connectivity index (χ0n) is 12.1. The van der Waals surface area contributed by atoms with E-state index in [1.807, 2.05) is 0 Å². The maximum absolute atomic E-state index is 10.8. The number of aliphatic carboxylic acids is 1. The number of carboxylic acids is 1. The molecule has 0 aliphatic carbocycles. The Morgan fingerprint density at radius 2 is 1.94 bits per heavy atom. The molecular weight excluding hydrogens is 224 g/mol. The van der Waals surface area contributed by atoms with Crippen molar-refractivity contribution in [2.24, 2.45) is 5.92 Å². The Balaban J connectivity index is 2.83. The number of carbonyl (C=O) groups is 1. The Morgan fingerprint density at radius 1 is 1.33 bits per heavy atom. The third-order valence-electron chi connectivity index (χ3n) is 3.40. The van der Waals surface area contributed by atoms with Gasteiger partial charge in [0.1, 0.15) is 0 Å². The van der Waals surface area contributed by atoms with Crippen molar-refractivity contribution in [3.63, 3.8) is 0 Å². The standard InChI is InChI=1S/C16H24O2/c1-11-6-8-13(9-7-12(2)15(17)18)10-14(11)16(3,4)5/h6,8,10,12H,7,9H2,1-5H3,(H,17,18). The molecule has 1 atom stereocenters. The predicted octanol–water partition coefficient (Wildman–Crippen LogP) is 3.95. The second-order valence-electron chi connectivity index (χ2n) is 6.18.